The number of para-hydroxylation sites is 1. The van der Waals surface area contributed by atoms with E-state index in [-0.39, 0.29) is 0 Å². The van der Waals surface area contributed by atoms with E-state index in [0.29, 0.717) is 0 Å². The lowest BCUT2D eigenvalue weighted by molar-refractivity contribution is 0.126. The van der Waals surface area contributed by atoms with Gasteiger partial charge in [-0.2, -0.15) is 0 Å². The summed E-state index contributed by atoms with van der Waals surface area (Å²) < 4.78 is 11.2. The van der Waals surface area contributed by atoms with Crippen LogP contribution in [0.25, 0.3) is 0 Å². The topological polar surface area (TPSA) is 18.5 Å². The third kappa shape index (κ3) is 9.54. The molecule has 0 saturated carbocycles. The van der Waals surface area contributed by atoms with Crippen molar-refractivity contribution >= 4 is 0 Å². The first-order valence-electron chi connectivity index (χ1n) is 7.48. The molecule has 107 valence electrons. The average Bonchev–Trinajstić information content (AvgIpc) is 2.46. The molecule has 0 aromatic heterocycles. The van der Waals surface area contributed by atoms with Gasteiger partial charge < -0.3 is 9.47 Å². The molecule has 1 radical (unpaired) electrons. The summed E-state index contributed by atoms with van der Waals surface area (Å²) in [6.45, 7) is 6.42. The first-order valence-corrected chi connectivity index (χ1v) is 7.48. The van der Waals surface area contributed by atoms with Crippen molar-refractivity contribution < 1.29 is 9.47 Å². The molecule has 0 heterocycles. The van der Waals surface area contributed by atoms with Crippen molar-refractivity contribution in [2.75, 3.05) is 19.8 Å². The fourth-order valence-electron chi connectivity index (χ4n) is 1.85. The number of rotatable bonds is 12. The highest BCUT2D eigenvalue weighted by Gasteiger charge is 1.94. The maximum Gasteiger partial charge on any atom is 0.119 e. The zero-order valence-corrected chi connectivity index (χ0v) is 12.0. The van der Waals surface area contributed by atoms with Crippen molar-refractivity contribution in [2.24, 2.45) is 0 Å². The van der Waals surface area contributed by atoms with Crippen molar-refractivity contribution in [3.63, 3.8) is 0 Å². The Labute approximate surface area is 118 Å². The summed E-state index contributed by atoms with van der Waals surface area (Å²) in [6, 6.07) is 10.0. The van der Waals surface area contributed by atoms with Crippen LogP contribution >= 0.6 is 0 Å². The Kier molecular flexibility index (Phi) is 10.2. The Morgan fingerprint density at radius 3 is 2.05 bits per heavy atom. The summed E-state index contributed by atoms with van der Waals surface area (Å²) >= 11 is 0. The van der Waals surface area contributed by atoms with Gasteiger partial charge in [0, 0.05) is 13.2 Å². The number of unbranched alkanes of at least 4 members (excludes halogenated alkanes) is 5. The van der Waals surface area contributed by atoms with Crippen LogP contribution in [0.2, 0.25) is 0 Å². The summed E-state index contributed by atoms with van der Waals surface area (Å²) in [7, 11) is 0. The Morgan fingerprint density at radius 2 is 1.37 bits per heavy atom. The Bertz CT molecular complexity index is 285. The van der Waals surface area contributed by atoms with Gasteiger partial charge in [0.2, 0.25) is 0 Å². The van der Waals surface area contributed by atoms with Crippen molar-refractivity contribution in [2.45, 2.75) is 44.9 Å². The van der Waals surface area contributed by atoms with Crippen molar-refractivity contribution in [1.82, 2.24) is 0 Å². The Morgan fingerprint density at radius 1 is 0.737 bits per heavy atom. The van der Waals surface area contributed by atoms with E-state index in [2.05, 4.69) is 6.92 Å². The highest BCUT2D eigenvalue weighted by Crippen LogP contribution is 2.09. The molecular formula is C17H27O2. The average molecular weight is 263 g/mol. The molecular weight excluding hydrogens is 236 g/mol. The van der Waals surface area contributed by atoms with Crippen LogP contribution in [0.5, 0.6) is 5.75 Å². The molecule has 1 aromatic carbocycles. The summed E-state index contributed by atoms with van der Waals surface area (Å²) in [5.41, 5.74) is 0. The quantitative estimate of drug-likeness (QED) is 0.511. The molecule has 0 fully saturated rings. The second kappa shape index (κ2) is 12.0. The van der Waals surface area contributed by atoms with E-state index in [1.54, 1.807) is 0 Å². The third-order valence-electron chi connectivity index (χ3n) is 2.98. The summed E-state index contributed by atoms with van der Waals surface area (Å²) in [5.74, 6) is 0.969. The van der Waals surface area contributed by atoms with Crippen LogP contribution in [0.4, 0.5) is 0 Å². The normalized spacial score (nSPS) is 10.6. The summed E-state index contributed by atoms with van der Waals surface area (Å²) in [5, 5.41) is 0. The molecule has 0 aliphatic rings. The lowest BCUT2D eigenvalue weighted by Gasteiger charge is -2.06. The van der Waals surface area contributed by atoms with E-state index in [1.807, 2.05) is 30.3 Å². The van der Waals surface area contributed by atoms with E-state index >= 15 is 0 Å². The fraction of sp³-hybridized carbons (Fsp3) is 0.588. The van der Waals surface area contributed by atoms with E-state index in [0.717, 1.165) is 51.3 Å². The second-order valence-electron chi connectivity index (χ2n) is 4.75. The van der Waals surface area contributed by atoms with E-state index in [4.69, 9.17) is 9.47 Å². The minimum atomic E-state index is 0.814. The van der Waals surface area contributed by atoms with Crippen LogP contribution in [-0.4, -0.2) is 19.8 Å². The van der Waals surface area contributed by atoms with E-state index in [9.17, 15) is 0 Å². The molecule has 2 nitrogen and oxygen atoms in total. The van der Waals surface area contributed by atoms with Crippen LogP contribution in [0.3, 0.4) is 0 Å². The molecule has 0 spiro atoms. The highest BCUT2D eigenvalue weighted by atomic mass is 16.5. The van der Waals surface area contributed by atoms with Gasteiger partial charge in [0.25, 0.3) is 0 Å². The smallest absolute Gasteiger partial charge is 0.119 e. The number of ether oxygens (including phenoxy) is 2. The molecule has 0 aliphatic heterocycles. The van der Waals surface area contributed by atoms with Crippen molar-refractivity contribution in [3.8, 4) is 5.75 Å². The van der Waals surface area contributed by atoms with Crippen LogP contribution in [0.15, 0.2) is 30.3 Å². The minimum Gasteiger partial charge on any atom is -0.494 e. The number of benzene rings is 1. The third-order valence-corrected chi connectivity index (χ3v) is 2.98. The molecule has 0 N–H and O–H groups in total. The van der Waals surface area contributed by atoms with E-state index < -0.39 is 0 Å². The van der Waals surface area contributed by atoms with Crippen LogP contribution < -0.4 is 4.74 Å². The summed E-state index contributed by atoms with van der Waals surface area (Å²) in [6.07, 6.45) is 8.07. The Balaban J connectivity index is 1.79. The first-order chi connectivity index (χ1) is 9.43. The molecule has 1 rings (SSSR count). The molecule has 0 bridgehead atoms. The Hall–Kier alpha value is -1.02. The van der Waals surface area contributed by atoms with Crippen LogP contribution in [-0.2, 0) is 4.74 Å². The van der Waals surface area contributed by atoms with Gasteiger partial charge in [-0.15, -0.1) is 0 Å². The molecule has 0 saturated heterocycles. The van der Waals surface area contributed by atoms with Gasteiger partial charge in [-0.05, 0) is 37.8 Å². The monoisotopic (exact) mass is 263 g/mol. The van der Waals surface area contributed by atoms with Gasteiger partial charge in [0.15, 0.2) is 0 Å². The number of hydrogen-bond donors (Lipinski definition) is 0. The lowest BCUT2D eigenvalue weighted by Crippen LogP contribution is -1.99. The van der Waals surface area contributed by atoms with Gasteiger partial charge in [0.05, 0.1) is 6.61 Å². The van der Waals surface area contributed by atoms with Crippen LogP contribution in [0, 0.1) is 6.92 Å². The molecule has 0 aliphatic carbocycles. The van der Waals surface area contributed by atoms with Gasteiger partial charge in [-0.3, -0.25) is 0 Å². The molecule has 0 atom stereocenters. The van der Waals surface area contributed by atoms with Gasteiger partial charge in [-0.1, -0.05) is 44.4 Å². The lowest BCUT2D eigenvalue weighted by atomic mass is 10.2. The standard InChI is InChI=1S/C17H27O2/c1-2-3-9-14-18-15-10-4-5-11-16-19-17-12-7-6-8-13-17/h6-8,12-13H,1-5,9-11,14-16H2. The molecule has 0 amide bonds. The maximum absolute atomic E-state index is 5.64. The van der Waals surface area contributed by atoms with Gasteiger partial charge >= 0.3 is 0 Å². The molecule has 2 heteroatoms. The SMILES string of the molecule is [CH2]CCCCOCCCCCCOc1ccccc1. The second-order valence-corrected chi connectivity index (χ2v) is 4.75. The largest absolute Gasteiger partial charge is 0.494 e. The molecule has 1 aromatic rings. The fourth-order valence-corrected chi connectivity index (χ4v) is 1.85. The predicted molar refractivity (Wildman–Crippen MR) is 80.4 cm³/mol. The molecule has 0 unspecified atom stereocenters. The highest BCUT2D eigenvalue weighted by molar-refractivity contribution is 5.20. The van der Waals surface area contributed by atoms with Crippen molar-refractivity contribution in [3.05, 3.63) is 37.3 Å². The summed E-state index contributed by atoms with van der Waals surface area (Å²) in [4.78, 5) is 0. The predicted octanol–water partition coefficient (Wildman–Crippen LogP) is 4.65. The zero-order valence-electron chi connectivity index (χ0n) is 12.0. The van der Waals surface area contributed by atoms with Crippen LogP contribution in [0.1, 0.15) is 44.9 Å². The minimum absolute atomic E-state index is 0.814. The number of hydrogen-bond acceptors (Lipinski definition) is 2. The molecule has 19 heavy (non-hydrogen) atoms. The van der Waals surface area contributed by atoms with Gasteiger partial charge in [0.1, 0.15) is 5.75 Å². The zero-order chi connectivity index (χ0) is 13.6. The maximum atomic E-state index is 5.64. The van der Waals surface area contributed by atoms with Gasteiger partial charge in [-0.25, -0.2) is 0 Å². The first kappa shape index (κ1) is 16.0. The van der Waals surface area contributed by atoms with E-state index in [1.165, 1.54) is 19.3 Å². The van der Waals surface area contributed by atoms with Crippen molar-refractivity contribution in [1.29, 1.82) is 0 Å².